The maximum atomic E-state index is 11.9. The fraction of sp³-hybridized carbons (Fsp3) is 0.357. The van der Waals surface area contributed by atoms with Crippen LogP contribution in [0.4, 0.5) is 5.95 Å². The predicted molar refractivity (Wildman–Crippen MR) is 75.3 cm³/mol. The van der Waals surface area contributed by atoms with Gasteiger partial charge >= 0.3 is 0 Å². The van der Waals surface area contributed by atoms with Crippen LogP contribution in [0.3, 0.4) is 0 Å². The number of unbranched alkanes of at least 4 members (excludes halogenated alkanes) is 1. The minimum atomic E-state index is -0.237. The number of amides is 1. The molecular weight excluding hydrogens is 242 g/mol. The molecule has 1 aromatic heterocycles. The number of aromatic amines is 1. The first kappa shape index (κ1) is 13.3. The van der Waals surface area contributed by atoms with Crippen LogP contribution < -0.4 is 10.9 Å². The van der Waals surface area contributed by atoms with Crippen LogP contribution in [0.25, 0.3) is 10.9 Å². The molecule has 2 rings (SSSR count). The molecule has 0 fully saturated rings. The summed E-state index contributed by atoms with van der Waals surface area (Å²) in [4.78, 5) is 30.3. The van der Waals surface area contributed by atoms with Crippen molar-refractivity contribution in [1.82, 2.24) is 9.97 Å². The smallest absolute Gasteiger partial charge is 0.260 e. The number of hydrogen-bond donors (Lipinski definition) is 2. The van der Waals surface area contributed by atoms with Crippen LogP contribution in [0.1, 0.15) is 31.7 Å². The van der Waals surface area contributed by atoms with Crippen LogP contribution in [0, 0.1) is 6.92 Å². The third-order valence-corrected chi connectivity index (χ3v) is 2.88. The van der Waals surface area contributed by atoms with Crippen LogP contribution in [-0.4, -0.2) is 15.9 Å². The minimum Gasteiger partial charge on any atom is -0.296 e. The summed E-state index contributed by atoms with van der Waals surface area (Å²) in [6.45, 7) is 3.94. The third kappa shape index (κ3) is 3.19. The average molecular weight is 259 g/mol. The van der Waals surface area contributed by atoms with Crippen LogP contribution in [0.15, 0.2) is 23.0 Å². The fourth-order valence-electron chi connectivity index (χ4n) is 1.84. The summed E-state index contributed by atoms with van der Waals surface area (Å²) in [5.74, 6) is 0.0823. The van der Waals surface area contributed by atoms with Gasteiger partial charge in [0.1, 0.15) is 0 Å². The van der Waals surface area contributed by atoms with Crippen molar-refractivity contribution in [2.45, 2.75) is 33.1 Å². The van der Waals surface area contributed by atoms with E-state index in [1.165, 1.54) is 0 Å². The van der Waals surface area contributed by atoms with Crippen LogP contribution in [0.2, 0.25) is 0 Å². The van der Waals surface area contributed by atoms with Crippen LogP contribution >= 0.6 is 0 Å². The Bertz CT molecular complexity index is 661. The zero-order valence-corrected chi connectivity index (χ0v) is 11.1. The normalized spacial score (nSPS) is 10.6. The maximum Gasteiger partial charge on any atom is 0.260 e. The first-order chi connectivity index (χ1) is 9.10. The third-order valence-electron chi connectivity index (χ3n) is 2.88. The van der Waals surface area contributed by atoms with Crippen molar-refractivity contribution in [3.05, 3.63) is 34.1 Å². The van der Waals surface area contributed by atoms with E-state index < -0.39 is 0 Å². The van der Waals surface area contributed by atoms with Gasteiger partial charge in [-0.1, -0.05) is 25.0 Å². The summed E-state index contributed by atoms with van der Waals surface area (Å²) in [5, 5.41) is 3.15. The monoisotopic (exact) mass is 259 g/mol. The van der Waals surface area contributed by atoms with E-state index in [2.05, 4.69) is 15.3 Å². The highest BCUT2D eigenvalue weighted by molar-refractivity contribution is 5.90. The van der Waals surface area contributed by atoms with Gasteiger partial charge in [-0.05, 0) is 25.5 Å². The van der Waals surface area contributed by atoms with Gasteiger partial charge in [-0.25, -0.2) is 4.98 Å². The highest BCUT2D eigenvalue weighted by Gasteiger charge is 2.07. The standard InChI is InChI=1S/C14H17N3O2/c1-3-4-5-12(18)16-14-15-11-7-6-9(2)8-10(11)13(19)17-14/h6-8H,3-5H2,1-2H3,(H2,15,16,17,18,19). The number of benzene rings is 1. The number of carbonyl (C=O) groups excluding carboxylic acids is 1. The Balaban J connectivity index is 2.28. The van der Waals surface area contributed by atoms with Gasteiger partial charge in [-0.2, -0.15) is 0 Å². The molecule has 100 valence electrons. The second kappa shape index (κ2) is 5.65. The highest BCUT2D eigenvalue weighted by Crippen LogP contribution is 2.11. The molecule has 5 nitrogen and oxygen atoms in total. The van der Waals surface area contributed by atoms with E-state index in [-0.39, 0.29) is 17.4 Å². The molecule has 0 aliphatic carbocycles. The second-order valence-corrected chi connectivity index (χ2v) is 4.59. The molecule has 1 aromatic carbocycles. The Labute approximate surface area is 111 Å². The van der Waals surface area contributed by atoms with E-state index in [1.54, 1.807) is 12.1 Å². The second-order valence-electron chi connectivity index (χ2n) is 4.59. The number of anilines is 1. The largest absolute Gasteiger partial charge is 0.296 e. The lowest BCUT2D eigenvalue weighted by Gasteiger charge is -2.05. The lowest BCUT2D eigenvalue weighted by Crippen LogP contribution is -2.18. The predicted octanol–water partition coefficient (Wildman–Crippen LogP) is 2.36. The highest BCUT2D eigenvalue weighted by atomic mass is 16.2. The molecule has 1 heterocycles. The molecule has 0 saturated heterocycles. The van der Waals surface area contributed by atoms with Crippen molar-refractivity contribution in [2.75, 3.05) is 5.32 Å². The Morgan fingerprint density at radius 1 is 1.42 bits per heavy atom. The van der Waals surface area contributed by atoms with Crippen molar-refractivity contribution in [1.29, 1.82) is 0 Å². The summed E-state index contributed by atoms with van der Waals surface area (Å²) >= 11 is 0. The first-order valence-electron chi connectivity index (χ1n) is 6.40. The number of fused-ring (bicyclic) bond motifs is 1. The van der Waals surface area contributed by atoms with Crippen molar-refractivity contribution in [3.63, 3.8) is 0 Å². The van der Waals surface area contributed by atoms with E-state index in [9.17, 15) is 9.59 Å². The van der Waals surface area contributed by atoms with Gasteiger partial charge in [0, 0.05) is 6.42 Å². The minimum absolute atomic E-state index is 0.128. The Hall–Kier alpha value is -2.17. The zero-order chi connectivity index (χ0) is 13.8. The SMILES string of the molecule is CCCCC(=O)Nc1nc2ccc(C)cc2c(=O)[nH]1. The summed E-state index contributed by atoms with van der Waals surface area (Å²) in [6.07, 6.45) is 2.21. The number of aromatic nitrogens is 2. The molecule has 0 radical (unpaired) electrons. The van der Waals surface area contributed by atoms with E-state index in [0.717, 1.165) is 18.4 Å². The quantitative estimate of drug-likeness (QED) is 0.885. The van der Waals surface area contributed by atoms with E-state index in [0.29, 0.717) is 17.3 Å². The van der Waals surface area contributed by atoms with Gasteiger partial charge < -0.3 is 0 Å². The van der Waals surface area contributed by atoms with Crippen molar-refractivity contribution < 1.29 is 4.79 Å². The van der Waals surface area contributed by atoms with Crippen LogP contribution in [0.5, 0.6) is 0 Å². The molecule has 5 heteroatoms. The van der Waals surface area contributed by atoms with E-state index in [1.807, 2.05) is 19.9 Å². The number of carbonyl (C=O) groups is 1. The molecule has 0 aliphatic rings. The lowest BCUT2D eigenvalue weighted by atomic mass is 10.2. The number of nitrogens with zero attached hydrogens (tertiary/aromatic N) is 1. The summed E-state index contributed by atoms with van der Waals surface area (Å²) in [5.41, 5.74) is 1.35. The number of rotatable bonds is 4. The molecule has 0 atom stereocenters. The van der Waals surface area contributed by atoms with Gasteiger partial charge in [-0.15, -0.1) is 0 Å². The number of H-pyrrole nitrogens is 1. The number of nitrogens with one attached hydrogen (secondary N) is 2. The molecule has 0 aliphatic heterocycles. The topological polar surface area (TPSA) is 74.8 Å². The summed E-state index contributed by atoms with van der Waals surface area (Å²) < 4.78 is 0. The van der Waals surface area contributed by atoms with Crippen molar-refractivity contribution >= 4 is 22.8 Å². The molecular formula is C14H17N3O2. The first-order valence-corrected chi connectivity index (χ1v) is 6.40. The van der Waals surface area contributed by atoms with Crippen molar-refractivity contribution in [2.24, 2.45) is 0 Å². The molecule has 0 bridgehead atoms. The van der Waals surface area contributed by atoms with Crippen molar-refractivity contribution in [3.8, 4) is 0 Å². The maximum absolute atomic E-state index is 11.9. The lowest BCUT2D eigenvalue weighted by molar-refractivity contribution is -0.116. The molecule has 19 heavy (non-hydrogen) atoms. The van der Waals surface area contributed by atoms with E-state index in [4.69, 9.17) is 0 Å². The van der Waals surface area contributed by atoms with E-state index >= 15 is 0 Å². The van der Waals surface area contributed by atoms with Gasteiger partial charge in [-0.3, -0.25) is 19.9 Å². The Morgan fingerprint density at radius 3 is 2.95 bits per heavy atom. The average Bonchev–Trinajstić information content (AvgIpc) is 2.37. The molecule has 0 unspecified atom stereocenters. The van der Waals surface area contributed by atoms with Gasteiger partial charge in [0.05, 0.1) is 10.9 Å². The molecule has 2 N–H and O–H groups in total. The summed E-state index contributed by atoms with van der Waals surface area (Å²) in [7, 11) is 0. The Morgan fingerprint density at radius 2 is 2.21 bits per heavy atom. The fourth-order valence-corrected chi connectivity index (χ4v) is 1.84. The van der Waals surface area contributed by atoms with Crippen LogP contribution in [-0.2, 0) is 4.79 Å². The number of aryl methyl sites for hydroxylation is 1. The van der Waals surface area contributed by atoms with Gasteiger partial charge in [0.2, 0.25) is 11.9 Å². The zero-order valence-electron chi connectivity index (χ0n) is 11.1. The Kier molecular flexibility index (Phi) is 3.94. The molecule has 2 aromatic rings. The number of hydrogen-bond acceptors (Lipinski definition) is 3. The molecule has 0 saturated carbocycles. The van der Waals surface area contributed by atoms with Gasteiger partial charge in [0.25, 0.3) is 5.56 Å². The molecule has 1 amide bonds. The van der Waals surface area contributed by atoms with Gasteiger partial charge in [0.15, 0.2) is 0 Å². The summed E-state index contributed by atoms with van der Waals surface area (Å²) in [6, 6.07) is 5.45. The molecule has 0 spiro atoms.